The fraction of sp³-hybridized carbons (Fsp3) is 0.381. The maximum Gasteiger partial charge on any atom is 0.250 e. The van der Waals surface area contributed by atoms with Crippen molar-refractivity contribution in [3.63, 3.8) is 0 Å². The average Bonchev–Trinajstić information content (AvgIpc) is 3.43. The fourth-order valence-corrected chi connectivity index (χ4v) is 6.97. The molecule has 9 heteroatoms. The lowest BCUT2D eigenvalue weighted by Gasteiger charge is -2.45. The molecule has 4 aromatic heterocycles. The molecule has 30 heavy (non-hydrogen) atoms. The summed E-state index contributed by atoms with van der Waals surface area (Å²) >= 11 is 3.18. The third kappa shape index (κ3) is 2.76. The molecule has 0 aromatic carbocycles. The van der Waals surface area contributed by atoms with E-state index in [1.807, 2.05) is 17.6 Å². The Bertz CT molecular complexity index is 1290. The lowest BCUT2D eigenvalue weighted by Crippen LogP contribution is -2.48. The van der Waals surface area contributed by atoms with Crippen LogP contribution in [0.15, 0.2) is 39.8 Å². The van der Waals surface area contributed by atoms with Crippen LogP contribution in [0.1, 0.15) is 40.3 Å². The van der Waals surface area contributed by atoms with E-state index in [9.17, 15) is 9.90 Å². The fourth-order valence-electron chi connectivity index (χ4n) is 5.13. The van der Waals surface area contributed by atoms with Crippen molar-refractivity contribution in [1.82, 2.24) is 24.1 Å². The molecule has 2 aliphatic rings. The van der Waals surface area contributed by atoms with Gasteiger partial charge in [-0.05, 0) is 47.7 Å². The lowest BCUT2D eigenvalue weighted by molar-refractivity contribution is 0.0953. The SMILES string of the molecule is Cc1nc2sc(C(c3ccsc3)N3C[C@@H]4C[C@@H](C3)c3cccc(=O)n3C4)c(O)n2n1. The summed E-state index contributed by atoms with van der Waals surface area (Å²) in [6.07, 6.45) is 1.11. The Hall–Kier alpha value is -2.49. The van der Waals surface area contributed by atoms with Gasteiger partial charge in [0, 0.05) is 37.3 Å². The van der Waals surface area contributed by atoms with Crippen LogP contribution in [-0.2, 0) is 6.54 Å². The lowest BCUT2D eigenvalue weighted by atomic mass is 9.82. The molecule has 6 rings (SSSR count). The molecule has 154 valence electrons. The first-order valence-corrected chi connectivity index (χ1v) is 11.9. The summed E-state index contributed by atoms with van der Waals surface area (Å²) in [5.41, 5.74) is 2.42. The molecule has 1 unspecified atom stereocenters. The summed E-state index contributed by atoms with van der Waals surface area (Å²) in [5, 5.41) is 19.6. The van der Waals surface area contributed by atoms with Crippen LogP contribution in [0.5, 0.6) is 5.88 Å². The number of nitrogens with zero attached hydrogens (tertiary/aromatic N) is 5. The van der Waals surface area contributed by atoms with E-state index in [-0.39, 0.29) is 17.5 Å². The molecular formula is C21H21N5O2S2. The normalized spacial score (nSPS) is 22.3. The molecule has 6 heterocycles. The molecule has 2 aliphatic heterocycles. The van der Waals surface area contributed by atoms with Gasteiger partial charge in [0.25, 0.3) is 5.56 Å². The van der Waals surface area contributed by atoms with Gasteiger partial charge in [0.1, 0.15) is 5.82 Å². The van der Waals surface area contributed by atoms with Crippen LogP contribution in [-0.4, -0.2) is 42.3 Å². The van der Waals surface area contributed by atoms with Crippen molar-refractivity contribution in [2.75, 3.05) is 13.1 Å². The predicted octanol–water partition coefficient (Wildman–Crippen LogP) is 3.24. The Morgan fingerprint density at radius 2 is 2.13 bits per heavy atom. The maximum absolute atomic E-state index is 12.4. The van der Waals surface area contributed by atoms with Crippen LogP contribution in [0.4, 0.5) is 0 Å². The molecule has 0 amide bonds. The Morgan fingerprint density at radius 1 is 1.23 bits per heavy atom. The number of pyridine rings is 1. The molecule has 7 nitrogen and oxygen atoms in total. The Labute approximate surface area is 180 Å². The molecule has 3 atom stereocenters. The van der Waals surface area contributed by atoms with E-state index in [1.165, 1.54) is 16.9 Å². The first kappa shape index (κ1) is 18.3. The molecule has 1 N–H and O–H groups in total. The number of hydrogen-bond donors (Lipinski definition) is 1. The van der Waals surface area contributed by atoms with Crippen molar-refractivity contribution in [2.45, 2.75) is 31.8 Å². The quantitative estimate of drug-likeness (QED) is 0.530. The summed E-state index contributed by atoms with van der Waals surface area (Å²) in [6.45, 7) is 4.34. The van der Waals surface area contributed by atoms with E-state index in [4.69, 9.17) is 0 Å². The minimum Gasteiger partial charge on any atom is -0.492 e. The first-order chi connectivity index (χ1) is 14.6. The van der Waals surface area contributed by atoms with Crippen LogP contribution < -0.4 is 5.56 Å². The van der Waals surface area contributed by atoms with E-state index >= 15 is 0 Å². The van der Waals surface area contributed by atoms with Gasteiger partial charge in [0.05, 0.1) is 10.9 Å². The van der Waals surface area contributed by atoms with Gasteiger partial charge >= 0.3 is 0 Å². The van der Waals surface area contributed by atoms with Crippen molar-refractivity contribution in [1.29, 1.82) is 0 Å². The molecule has 1 fully saturated rings. The van der Waals surface area contributed by atoms with Crippen LogP contribution in [0.25, 0.3) is 4.96 Å². The van der Waals surface area contributed by atoms with Gasteiger partial charge in [-0.15, -0.1) is 5.10 Å². The summed E-state index contributed by atoms with van der Waals surface area (Å²) in [7, 11) is 0. The first-order valence-electron chi connectivity index (χ1n) is 10.1. The second-order valence-corrected chi connectivity index (χ2v) is 10.0. The molecule has 0 spiro atoms. The van der Waals surface area contributed by atoms with E-state index in [1.54, 1.807) is 21.9 Å². The Kier molecular flexibility index (Phi) is 4.12. The largest absolute Gasteiger partial charge is 0.492 e. The monoisotopic (exact) mass is 439 g/mol. The number of fused-ring (bicyclic) bond motifs is 5. The highest BCUT2D eigenvalue weighted by Gasteiger charge is 2.39. The summed E-state index contributed by atoms with van der Waals surface area (Å²) in [4.78, 5) is 20.9. The van der Waals surface area contributed by atoms with Crippen molar-refractivity contribution in [3.8, 4) is 5.88 Å². The Morgan fingerprint density at radius 3 is 2.93 bits per heavy atom. The molecule has 4 aromatic rings. The topological polar surface area (TPSA) is 75.7 Å². The maximum atomic E-state index is 12.4. The van der Waals surface area contributed by atoms with Crippen LogP contribution in [0, 0.1) is 12.8 Å². The number of aromatic nitrogens is 4. The number of hydrogen-bond acceptors (Lipinski definition) is 7. The number of thiophene rings is 1. The number of piperidine rings is 1. The molecular weight excluding hydrogens is 418 g/mol. The zero-order valence-electron chi connectivity index (χ0n) is 16.4. The van der Waals surface area contributed by atoms with E-state index in [0.717, 1.165) is 36.6 Å². The number of aromatic hydroxyl groups is 1. The number of aryl methyl sites for hydroxylation is 1. The van der Waals surface area contributed by atoms with E-state index in [2.05, 4.69) is 37.9 Å². The highest BCUT2D eigenvalue weighted by molar-refractivity contribution is 7.17. The third-order valence-electron chi connectivity index (χ3n) is 6.29. The van der Waals surface area contributed by atoms with Crippen LogP contribution in [0.3, 0.4) is 0 Å². The number of rotatable bonds is 3. The smallest absolute Gasteiger partial charge is 0.250 e. The molecule has 0 saturated carbocycles. The van der Waals surface area contributed by atoms with Gasteiger partial charge in [-0.3, -0.25) is 9.69 Å². The second kappa shape index (κ2) is 6.76. The van der Waals surface area contributed by atoms with Gasteiger partial charge < -0.3 is 9.67 Å². The minimum absolute atomic E-state index is 0.0441. The van der Waals surface area contributed by atoms with Gasteiger partial charge in [-0.2, -0.15) is 15.9 Å². The average molecular weight is 440 g/mol. The number of likely N-dealkylation sites (tertiary alicyclic amines) is 1. The van der Waals surface area contributed by atoms with Crippen molar-refractivity contribution in [3.05, 3.63) is 67.3 Å². The van der Waals surface area contributed by atoms with Crippen molar-refractivity contribution >= 4 is 27.6 Å². The molecule has 2 bridgehead atoms. The highest BCUT2D eigenvalue weighted by atomic mass is 32.1. The minimum atomic E-state index is -0.0441. The van der Waals surface area contributed by atoms with Crippen LogP contribution >= 0.6 is 22.7 Å². The van der Waals surface area contributed by atoms with Crippen LogP contribution in [0.2, 0.25) is 0 Å². The molecule has 0 radical (unpaired) electrons. The standard InChI is InChI=1S/C21H21N5O2S2/c1-12-22-21-26(23-12)20(28)19(30-21)18(14-5-6-29-11-14)24-8-13-7-15(10-24)16-3-2-4-17(27)25(16)9-13/h2-6,11,13,15,18,28H,7-10H2,1H3/t13-,15-,18?/m0/s1. The van der Waals surface area contributed by atoms with E-state index < -0.39 is 0 Å². The zero-order valence-corrected chi connectivity index (χ0v) is 18.1. The molecule has 0 aliphatic carbocycles. The summed E-state index contributed by atoms with van der Waals surface area (Å²) in [5.74, 6) is 1.58. The van der Waals surface area contributed by atoms with Gasteiger partial charge in [0.2, 0.25) is 10.8 Å². The van der Waals surface area contributed by atoms with Gasteiger partial charge in [0.15, 0.2) is 0 Å². The van der Waals surface area contributed by atoms with Gasteiger partial charge in [-0.1, -0.05) is 17.4 Å². The zero-order chi connectivity index (χ0) is 20.4. The van der Waals surface area contributed by atoms with E-state index in [0.29, 0.717) is 22.6 Å². The summed E-state index contributed by atoms with van der Waals surface area (Å²) in [6, 6.07) is 7.72. The second-order valence-electron chi connectivity index (χ2n) is 8.25. The highest BCUT2D eigenvalue weighted by Crippen LogP contribution is 2.45. The van der Waals surface area contributed by atoms with Crippen molar-refractivity contribution in [2.24, 2.45) is 5.92 Å². The molecule has 1 saturated heterocycles. The summed E-state index contributed by atoms with van der Waals surface area (Å²) < 4.78 is 3.51. The number of thiazole rings is 1. The van der Waals surface area contributed by atoms with Gasteiger partial charge in [-0.25, -0.2) is 4.98 Å². The Balaban J connectivity index is 1.43. The predicted molar refractivity (Wildman–Crippen MR) is 117 cm³/mol. The third-order valence-corrected chi connectivity index (χ3v) is 8.06. The van der Waals surface area contributed by atoms with Crippen molar-refractivity contribution < 1.29 is 5.11 Å².